The van der Waals surface area contributed by atoms with Gasteiger partial charge in [-0.1, -0.05) is 42.5 Å². The van der Waals surface area contributed by atoms with Crippen LogP contribution in [0.1, 0.15) is 22.8 Å². The molecule has 1 amide bonds. The summed E-state index contributed by atoms with van der Waals surface area (Å²) in [6.45, 7) is 4.13. The van der Waals surface area contributed by atoms with Gasteiger partial charge in [-0.05, 0) is 24.6 Å². The van der Waals surface area contributed by atoms with Gasteiger partial charge in [-0.2, -0.15) is 5.10 Å². The second-order valence-corrected chi connectivity index (χ2v) is 7.59. The van der Waals surface area contributed by atoms with E-state index < -0.39 is 0 Å². The van der Waals surface area contributed by atoms with Gasteiger partial charge in [0.15, 0.2) is 0 Å². The number of benzene rings is 2. The van der Waals surface area contributed by atoms with Crippen LogP contribution in [-0.2, 0) is 6.54 Å². The molecule has 1 aromatic heterocycles. The van der Waals surface area contributed by atoms with Crippen LogP contribution in [0.4, 0.5) is 0 Å². The molecular weight excluding hydrogens is 378 g/mol. The number of rotatable bonds is 7. The lowest BCUT2D eigenvalue weighted by Crippen LogP contribution is -2.35. The lowest BCUT2D eigenvalue weighted by Gasteiger charge is -2.14. The van der Waals surface area contributed by atoms with E-state index in [1.54, 1.807) is 7.11 Å². The highest BCUT2D eigenvalue weighted by Gasteiger charge is 2.24. The molecule has 0 saturated carbocycles. The van der Waals surface area contributed by atoms with Crippen molar-refractivity contribution >= 4 is 5.91 Å². The highest BCUT2D eigenvalue weighted by Crippen LogP contribution is 2.26. The molecule has 3 aromatic rings. The molecule has 156 valence electrons. The lowest BCUT2D eigenvalue weighted by atomic mass is 10.0. The van der Waals surface area contributed by atoms with Gasteiger partial charge in [-0.15, -0.1) is 0 Å². The number of hydrogen-bond donors (Lipinski definition) is 3. The van der Waals surface area contributed by atoms with Gasteiger partial charge >= 0.3 is 0 Å². The Morgan fingerprint density at radius 2 is 2.07 bits per heavy atom. The third kappa shape index (κ3) is 4.53. The molecular formula is C23H27N5O2. The first-order valence-corrected chi connectivity index (χ1v) is 10.2. The molecule has 1 aliphatic heterocycles. The number of nitrogens with zero attached hydrogens (tertiary/aromatic N) is 2. The molecule has 2 atom stereocenters. The van der Waals surface area contributed by atoms with Crippen LogP contribution in [-0.4, -0.2) is 41.9 Å². The van der Waals surface area contributed by atoms with Crippen molar-refractivity contribution in [2.45, 2.75) is 19.5 Å². The summed E-state index contributed by atoms with van der Waals surface area (Å²) in [7, 11) is 1.63. The average molecular weight is 406 g/mol. The van der Waals surface area contributed by atoms with Gasteiger partial charge in [0.2, 0.25) is 0 Å². The van der Waals surface area contributed by atoms with Crippen LogP contribution in [0.15, 0.2) is 60.8 Å². The van der Waals surface area contributed by atoms with E-state index in [4.69, 9.17) is 9.84 Å². The van der Waals surface area contributed by atoms with Crippen LogP contribution in [0.3, 0.4) is 0 Å². The average Bonchev–Trinajstić information content (AvgIpc) is 3.39. The molecule has 1 saturated heterocycles. The number of hydrazine groups is 1. The first-order chi connectivity index (χ1) is 14.6. The Bertz CT molecular complexity index is 1000. The number of ether oxygens (including phenoxy) is 1. The summed E-state index contributed by atoms with van der Waals surface area (Å²) in [6, 6.07) is 18.0. The van der Waals surface area contributed by atoms with Crippen molar-refractivity contribution in [3.63, 3.8) is 0 Å². The van der Waals surface area contributed by atoms with Crippen molar-refractivity contribution in [2.75, 3.05) is 20.2 Å². The van der Waals surface area contributed by atoms with Crippen molar-refractivity contribution in [2.24, 2.45) is 5.92 Å². The van der Waals surface area contributed by atoms with Crippen LogP contribution in [0, 0.1) is 5.92 Å². The molecule has 2 unspecified atom stereocenters. The van der Waals surface area contributed by atoms with Crippen molar-refractivity contribution in [3.05, 3.63) is 71.9 Å². The minimum atomic E-state index is -0.119. The Balaban J connectivity index is 1.61. The molecule has 2 heterocycles. The minimum Gasteiger partial charge on any atom is -0.497 e. The molecule has 1 aliphatic rings. The van der Waals surface area contributed by atoms with E-state index in [9.17, 15) is 4.79 Å². The van der Waals surface area contributed by atoms with Crippen molar-refractivity contribution < 1.29 is 9.53 Å². The number of amides is 1. The second kappa shape index (κ2) is 9.11. The Labute approximate surface area is 176 Å². The van der Waals surface area contributed by atoms with E-state index in [1.807, 2.05) is 65.5 Å². The third-order valence-electron chi connectivity index (χ3n) is 5.46. The Kier molecular flexibility index (Phi) is 6.11. The summed E-state index contributed by atoms with van der Waals surface area (Å²) < 4.78 is 7.18. The standard InChI is InChI=1S/C23H27N5O2/c1-16-19(13-25-26-16)12-24-23(29)21-15-28(14-17-7-4-3-5-8-17)27-22(21)18-9-6-10-20(11-18)30-2/h3-11,15-16,19,25-26H,12-14H2,1-2H3,(H,24,29). The molecule has 0 aliphatic carbocycles. The second-order valence-electron chi connectivity index (χ2n) is 7.59. The first-order valence-electron chi connectivity index (χ1n) is 10.2. The van der Waals surface area contributed by atoms with Gasteiger partial charge in [-0.25, -0.2) is 0 Å². The largest absolute Gasteiger partial charge is 0.497 e. The molecule has 30 heavy (non-hydrogen) atoms. The topological polar surface area (TPSA) is 80.2 Å². The molecule has 0 spiro atoms. The summed E-state index contributed by atoms with van der Waals surface area (Å²) >= 11 is 0. The maximum Gasteiger partial charge on any atom is 0.255 e. The first kappa shape index (κ1) is 20.1. The van der Waals surface area contributed by atoms with E-state index in [0.29, 0.717) is 36.3 Å². The summed E-state index contributed by atoms with van der Waals surface area (Å²) in [4.78, 5) is 13.1. The summed E-state index contributed by atoms with van der Waals surface area (Å²) in [5.41, 5.74) is 9.51. The fourth-order valence-electron chi connectivity index (χ4n) is 3.64. The molecule has 1 fully saturated rings. The molecule has 3 N–H and O–H groups in total. The van der Waals surface area contributed by atoms with Gasteiger partial charge in [0.05, 0.1) is 19.2 Å². The fraction of sp³-hybridized carbons (Fsp3) is 0.304. The van der Waals surface area contributed by atoms with Crippen molar-refractivity contribution in [1.29, 1.82) is 0 Å². The number of nitrogens with one attached hydrogen (secondary N) is 3. The quantitative estimate of drug-likeness (QED) is 0.563. The number of methoxy groups -OCH3 is 1. The highest BCUT2D eigenvalue weighted by molar-refractivity contribution is 5.99. The fourth-order valence-corrected chi connectivity index (χ4v) is 3.64. The third-order valence-corrected chi connectivity index (χ3v) is 5.46. The summed E-state index contributed by atoms with van der Waals surface area (Å²) in [6.07, 6.45) is 1.83. The Hall–Kier alpha value is -3.16. The monoisotopic (exact) mass is 405 g/mol. The van der Waals surface area contributed by atoms with Gasteiger partial charge in [0.1, 0.15) is 11.4 Å². The summed E-state index contributed by atoms with van der Waals surface area (Å²) in [5, 5.41) is 7.83. The predicted molar refractivity (Wildman–Crippen MR) is 116 cm³/mol. The maximum atomic E-state index is 13.1. The zero-order valence-corrected chi connectivity index (χ0v) is 17.3. The number of carbonyl (C=O) groups is 1. The smallest absolute Gasteiger partial charge is 0.255 e. The van der Waals surface area contributed by atoms with Crippen LogP contribution < -0.4 is 20.9 Å². The number of carbonyl (C=O) groups excluding carboxylic acids is 1. The number of hydrogen-bond acceptors (Lipinski definition) is 5. The molecule has 7 nitrogen and oxygen atoms in total. The van der Waals surface area contributed by atoms with E-state index in [0.717, 1.165) is 23.4 Å². The molecule has 0 radical (unpaired) electrons. The van der Waals surface area contributed by atoms with Gasteiger partial charge in [-0.3, -0.25) is 20.3 Å². The number of aromatic nitrogens is 2. The molecule has 4 rings (SSSR count). The molecule has 0 bridgehead atoms. The predicted octanol–water partition coefficient (Wildman–Crippen LogP) is 2.45. The lowest BCUT2D eigenvalue weighted by molar-refractivity contribution is 0.0948. The molecule has 7 heteroatoms. The van der Waals surface area contributed by atoms with Crippen LogP contribution in [0.2, 0.25) is 0 Å². The Morgan fingerprint density at radius 3 is 2.80 bits per heavy atom. The Morgan fingerprint density at radius 1 is 1.23 bits per heavy atom. The van der Waals surface area contributed by atoms with Crippen LogP contribution in [0.25, 0.3) is 11.3 Å². The van der Waals surface area contributed by atoms with E-state index in [2.05, 4.69) is 23.1 Å². The van der Waals surface area contributed by atoms with E-state index in [-0.39, 0.29) is 5.91 Å². The van der Waals surface area contributed by atoms with Crippen LogP contribution in [0.5, 0.6) is 5.75 Å². The van der Waals surface area contributed by atoms with E-state index >= 15 is 0 Å². The normalized spacial score (nSPS) is 18.3. The van der Waals surface area contributed by atoms with Crippen molar-refractivity contribution in [1.82, 2.24) is 25.9 Å². The van der Waals surface area contributed by atoms with Gasteiger partial charge in [0, 0.05) is 36.8 Å². The van der Waals surface area contributed by atoms with E-state index in [1.165, 1.54) is 0 Å². The SMILES string of the molecule is COc1cccc(-c2nn(Cc3ccccc3)cc2C(=O)NCC2CNNC2C)c1. The zero-order valence-electron chi connectivity index (χ0n) is 17.3. The van der Waals surface area contributed by atoms with Crippen LogP contribution >= 0.6 is 0 Å². The maximum absolute atomic E-state index is 13.1. The minimum absolute atomic E-state index is 0.119. The highest BCUT2D eigenvalue weighted by atomic mass is 16.5. The summed E-state index contributed by atoms with van der Waals surface area (Å²) in [5.74, 6) is 0.952. The van der Waals surface area contributed by atoms with Crippen molar-refractivity contribution in [3.8, 4) is 17.0 Å². The molecule has 2 aromatic carbocycles. The van der Waals surface area contributed by atoms with Gasteiger partial charge < -0.3 is 10.1 Å². The zero-order chi connectivity index (χ0) is 20.9. The van der Waals surface area contributed by atoms with Gasteiger partial charge in [0.25, 0.3) is 5.91 Å².